The molecule has 9 heteroatoms. The summed E-state index contributed by atoms with van der Waals surface area (Å²) in [6, 6.07) is 30.4. The molecule has 0 unspecified atom stereocenters. The maximum atomic E-state index is 12.5. The number of amides is 1. The van der Waals surface area contributed by atoms with E-state index in [4.69, 9.17) is 16.3 Å². The zero-order chi connectivity index (χ0) is 27.0. The van der Waals surface area contributed by atoms with E-state index < -0.39 is 10.0 Å². The van der Waals surface area contributed by atoms with Gasteiger partial charge in [0.2, 0.25) is 10.0 Å². The molecule has 0 atom stereocenters. The van der Waals surface area contributed by atoms with Gasteiger partial charge in [-0.05, 0) is 77.4 Å². The van der Waals surface area contributed by atoms with Crippen LogP contribution in [0.1, 0.15) is 27.0 Å². The van der Waals surface area contributed by atoms with E-state index in [1.54, 1.807) is 54.7 Å². The smallest absolute Gasteiger partial charge is 0.271 e. The average molecular weight is 548 g/mol. The Morgan fingerprint density at radius 2 is 1.53 bits per heavy atom. The van der Waals surface area contributed by atoms with Crippen LogP contribution in [0.3, 0.4) is 0 Å². The summed E-state index contributed by atoms with van der Waals surface area (Å²) in [7, 11) is -3.48. The molecule has 0 heterocycles. The van der Waals surface area contributed by atoms with Crippen molar-refractivity contribution in [2.24, 2.45) is 5.10 Å². The molecule has 4 aromatic rings. The Kier molecular flexibility index (Phi) is 8.78. The van der Waals surface area contributed by atoms with Gasteiger partial charge in [0, 0.05) is 10.6 Å². The molecule has 0 fully saturated rings. The lowest BCUT2D eigenvalue weighted by Gasteiger charge is -2.22. The van der Waals surface area contributed by atoms with E-state index in [2.05, 4.69) is 10.5 Å². The predicted molar refractivity (Wildman–Crippen MR) is 151 cm³/mol. The van der Waals surface area contributed by atoms with Gasteiger partial charge in [-0.3, -0.25) is 9.10 Å². The van der Waals surface area contributed by atoms with E-state index in [1.165, 1.54) is 10.6 Å². The summed E-state index contributed by atoms with van der Waals surface area (Å²) in [4.78, 5) is 12.5. The van der Waals surface area contributed by atoms with E-state index in [9.17, 15) is 13.2 Å². The minimum atomic E-state index is -3.48. The first-order valence-corrected chi connectivity index (χ1v) is 13.9. The largest absolute Gasteiger partial charge is 0.489 e. The van der Waals surface area contributed by atoms with Crippen molar-refractivity contribution in [2.75, 3.05) is 10.6 Å². The molecule has 0 aromatic heterocycles. The van der Waals surface area contributed by atoms with Crippen LogP contribution < -0.4 is 14.5 Å². The topological polar surface area (TPSA) is 88.1 Å². The Hall–Kier alpha value is -4.14. The summed E-state index contributed by atoms with van der Waals surface area (Å²) >= 11 is 5.90. The molecule has 7 nitrogen and oxygen atoms in total. The number of hydrogen-bond donors (Lipinski definition) is 1. The highest BCUT2D eigenvalue weighted by Gasteiger charge is 2.17. The van der Waals surface area contributed by atoms with Gasteiger partial charge in [0.25, 0.3) is 5.91 Å². The first-order chi connectivity index (χ1) is 18.3. The van der Waals surface area contributed by atoms with Crippen molar-refractivity contribution in [2.45, 2.75) is 13.2 Å². The number of nitrogens with zero attached hydrogens (tertiary/aromatic N) is 2. The van der Waals surface area contributed by atoms with Crippen molar-refractivity contribution in [1.29, 1.82) is 0 Å². The minimum Gasteiger partial charge on any atom is -0.489 e. The lowest BCUT2D eigenvalue weighted by atomic mass is 10.1. The summed E-state index contributed by atoms with van der Waals surface area (Å²) in [6.07, 6.45) is 2.71. The Bertz CT molecular complexity index is 1490. The molecule has 0 saturated carbocycles. The second kappa shape index (κ2) is 12.4. The van der Waals surface area contributed by atoms with Gasteiger partial charge < -0.3 is 4.74 Å². The van der Waals surface area contributed by atoms with E-state index in [-0.39, 0.29) is 12.5 Å². The number of rotatable bonds is 10. The minimum absolute atomic E-state index is 0.155. The van der Waals surface area contributed by atoms with E-state index in [0.717, 1.165) is 16.7 Å². The molecule has 1 amide bonds. The van der Waals surface area contributed by atoms with E-state index in [1.807, 2.05) is 54.6 Å². The van der Waals surface area contributed by atoms with Crippen LogP contribution in [0.25, 0.3) is 0 Å². The fourth-order valence-corrected chi connectivity index (χ4v) is 4.56. The molecule has 4 rings (SSSR count). The number of hydrogen-bond acceptors (Lipinski definition) is 5. The highest BCUT2D eigenvalue weighted by Crippen LogP contribution is 2.20. The van der Waals surface area contributed by atoms with Crippen molar-refractivity contribution in [3.05, 3.63) is 130 Å². The van der Waals surface area contributed by atoms with E-state index in [0.29, 0.717) is 28.6 Å². The summed E-state index contributed by atoms with van der Waals surface area (Å²) < 4.78 is 31.7. The third kappa shape index (κ3) is 7.68. The van der Waals surface area contributed by atoms with Gasteiger partial charge >= 0.3 is 0 Å². The SMILES string of the molecule is CS(=O)(=O)N(Cc1ccc(C(=O)N/N=C/c2ccc(OCc3ccc(Cl)cc3)cc2)cc1)c1ccccc1. The normalized spacial score (nSPS) is 11.3. The molecule has 194 valence electrons. The molecular weight excluding hydrogens is 522 g/mol. The Morgan fingerprint density at radius 3 is 2.16 bits per heavy atom. The molecule has 1 N–H and O–H groups in total. The Morgan fingerprint density at radius 1 is 0.895 bits per heavy atom. The number of anilines is 1. The fourth-order valence-electron chi connectivity index (χ4n) is 3.55. The quantitative estimate of drug-likeness (QED) is 0.205. The highest BCUT2D eigenvalue weighted by molar-refractivity contribution is 7.92. The van der Waals surface area contributed by atoms with Gasteiger partial charge in [0.15, 0.2) is 0 Å². The van der Waals surface area contributed by atoms with Crippen LogP contribution in [-0.4, -0.2) is 26.8 Å². The van der Waals surface area contributed by atoms with E-state index >= 15 is 0 Å². The molecule has 0 aliphatic carbocycles. The molecule has 0 saturated heterocycles. The lowest BCUT2D eigenvalue weighted by molar-refractivity contribution is 0.0955. The molecule has 0 radical (unpaired) electrons. The maximum Gasteiger partial charge on any atom is 0.271 e. The first kappa shape index (κ1) is 26.9. The van der Waals surface area contributed by atoms with Crippen molar-refractivity contribution in [3.8, 4) is 5.75 Å². The predicted octanol–water partition coefficient (Wildman–Crippen LogP) is 5.65. The second-order valence-electron chi connectivity index (χ2n) is 8.49. The standard InChI is InChI=1S/C29H26ClN3O4S/c1-38(35,36)33(27-5-3-2-4-6-27)20-23-7-13-25(14-8-23)29(34)32-31-19-22-11-17-28(18-12-22)37-21-24-9-15-26(30)16-10-24/h2-19H,20-21H2,1H3,(H,32,34)/b31-19+. The number of carbonyl (C=O) groups excluding carboxylic acids is 1. The van der Waals surface area contributed by atoms with Gasteiger partial charge in [0.1, 0.15) is 12.4 Å². The number of sulfonamides is 1. The number of para-hydroxylation sites is 1. The zero-order valence-corrected chi connectivity index (χ0v) is 22.2. The molecular formula is C29H26ClN3O4S. The lowest BCUT2D eigenvalue weighted by Crippen LogP contribution is -2.29. The van der Waals surface area contributed by atoms with Gasteiger partial charge in [-0.2, -0.15) is 5.10 Å². The Labute approximate surface area is 227 Å². The van der Waals surface area contributed by atoms with Crippen LogP contribution in [0.15, 0.2) is 108 Å². The number of nitrogens with one attached hydrogen (secondary N) is 1. The van der Waals surface area contributed by atoms with Gasteiger partial charge in [-0.25, -0.2) is 13.8 Å². The van der Waals surface area contributed by atoms with Crippen LogP contribution in [-0.2, 0) is 23.2 Å². The molecule has 38 heavy (non-hydrogen) atoms. The molecule has 0 aliphatic heterocycles. The second-order valence-corrected chi connectivity index (χ2v) is 10.8. The molecule has 0 bridgehead atoms. The first-order valence-electron chi connectivity index (χ1n) is 11.7. The zero-order valence-electron chi connectivity index (χ0n) is 20.6. The summed E-state index contributed by atoms with van der Waals surface area (Å²) in [5, 5.41) is 4.71. The maximum absolute atomic E-state index is 12.5. The number of hydrazone groups is 1. The number of benzene rings is 4. The summed E-state index contributed by atoms with van der Waals surface area (Å²) in [5.74, 6) is 0.335. The summed E-state index contributed by atoms with van der Waals surface area (Å²) in [5.41, 5.74) is 6.04. The molecule has 0 aliphatic rings. The molecule has 0 spiro atoms. The fraction of sp³-hybridized carbons (Fsp3) is 0.103. The molecule has 4 aromatic carbocycles. The van der Waals surface area contributed by atoms with Crippen LogP contribution in [0, 0.1) is 0 Å². The number of ether oxygens (including phenoxy) is 1. The van der Waals surface area contributed by atoms with Crippen molar-refractivity contribution in [3.63, 3.8) is 0 Å². The van der Waals surface area contributed by atoms with Crippen LogP contribution >= 0.6 is 11.6 Å². The van der Waals surface area contributed by atoms with Gasteiger partial charge in [-0.1, -0.05) is 54.1 Å². The third-order valence-electron chi connectivity index (χ3n) is 5.57. The van der Waals surface area contributed by atoms with Crippen molar-refractivity contribution >= 4 is 39.4 Å². The van der Waals surface area contributed by atoms with Crippen molar-refractivity contribution in [1.82, 2.24) is 5.43 Å². The van der Waals surface area contributed by atoms with Gasteiger partial charge in [0.05, 0.1) is 24.7 Å². The van der Waals surface area contributed by atoms with Crippen molar-refractivity contribution < 1.29 is 17.9 Å². The average Bonchev–Trinajstić information content (AvgIpc) is 2.92. The number of halogens is 1. The summed E-state index contributed by atoms with van der Waals surface area (Å²) in [6.45, 7) is 0.584. The van der Waals surface area contributed by atoms with Crippen LogP contribution in [0.5, 0.6) is 5.75 Å². The Balaban J connectivity index is 1.30. The van der Waals surface area contributed by atoms with Gasteiger partial charge in [-0.15, -0.1) is 0 Å². The number of carbonyl (C=O) groups is 1. The van der Waals surface area contributed by atoms with Crippen LogP contribution in [0.2, 0.25) is 5.02 Å². The third-order valence-corrected chi connectivity index (χ3v) is 6.96. The van der Waals surface area contributed by atoms with Crippen LogP contribution in [0.4, 0.5) is 5.69 Å². The highest BCUT2D eigenvalue weighted by atomic mass is 35.5. The monoisotopic (exact) mass is 547 g/mol.